The monoisotopic (exact) mass is 395 g/mol. The van der Waals surface area contributed by atoms with Crippen LogP contribution in [0.4, 0.5) is 11.4 Å². The number of hydrogen-bond acceptors (Lipinski definition) is 3. The van der Waals surface area contributed by atoms with Crippen molar-refractivity contribution in [2.24, 2.45) is 0 Å². The van der Waals surface area contributed by atoms with E-state index in [1.165, 1.54) is 5.69 Å². The van der Waals surface area contributed by atoms with Gasteiger partial charge in [0.25, 0.3) is 5.91 Å². The maximum absolute atomic E-state index is 13.2. The largest absolute Gasteiger partial charge is 0.368 e. The lowest BCUT2D eigenvalue weighted by Gasteiger charge is -2.35. The zero-order chi connectivity index (χ0) is 19.5. The molecule has 1 amide bonds. The quantitative estimate of drug-likeness (QED) is 0.725. The Morgan fingerprint density at radius 1 is 0.929 bits per heavy atom. The molecule has 0 radical (unpaired) electrons. The molecule has 0 unspecified atom stereocenters. The molecule has 0 bridgehead atoms. The molecule has 4 rings (SSSR count). The molecule has 0 atom stereocenters. The van der Waals surface area contributed by atoms with Crippen molar-refractivity contribution in [3.63, 3.8) is 0 Å². The number of rotatable bonds is 3. The van der Waals surface area contributed by atoms with Crippen molar-refractivity contribution in [2.45, 2.75) is 12.8 Å². The number of para-hydroxylation sites is 1. The van der Waals surface area contributed by atoms with Crippen molar-refractivity contribution in [3.8, 4) is 0 Å². The molecule has 2 aromatic rings. The Hall–Kier alpha value is -2.30. The second-order valence-electron chi connectivity index (χ2n) is 7.56. The minimum atomic E-state index is 0.0988. The Balaban J connectivity index is 1.60. The van der Waals surface area contributed by atoms with Crippen LogP contribution in [0.25, 0.3) is 6.08 Å². The predicted molar refractivity (Wildman–Crippen MR) is 117 cm³/mol. The van der Waals surface area contributed by atoms with E-state index >= 15 is 0 Å². The van der Waals surface area contributed by atoms with Crippen LogP contribution >= 0.6 is 11.6 Å². The first kappa shape index (κ1) is 19.0. The van der Waals surface area contributed by atoms with E-state index in [4.69, 9.17) is 11.6 Å². The van der Waals surface area contributed by atoms with E-state index in [2.05, 4.69) is 47.2 Å². The van der Waals surface area contributed by atoms with Crippen molar-refractivity contribution in [2.75, 3.05) is 49.6 Å². The van der Waals surface area contributed by atoms with Gasteiger partial charge in [-0.3, -0.25) is 4.79 Å². The zero-order valence-electron chi connectivity index (χ0n) is 16.3. The van der Waals surface area contributed by atoms with E-state index in [0.29, 0.717) is 5.02 Å². The highest BCUT2D eigenvalue weighted by atomic mass is 35.5. The second-order valence-corrected chi connectivity index (χ2v) is 7.99. The third-order valence-corrected chi connectivity index (χ3v) is 5.85. The summed E-state index contributed by atoms with van der Waals surface area (Å²) in [4.78, 5) is 19.8. The first-order valence-corrected chi connectivity index (χ1v) is 10.3. The number of benzene rings is 2. The van der Waals surface area contributed by atoms with Crippen molar-refractivity contribution < 1.29 is 4.79 Å². The first-order chi connectivity index (χ1) is 13.6. The summed E-state index contributed by atoms with van der Waals surface area (Å²) in [6.45, 7) is 4.91. The van der Waals surface area contributed by atoms with Gasteiger partial charge in [0.05, 0.1) is 0 Å². The number of hydrogen-bond donors (Lipinski definition) is 0. The molecular weight excluding hydrogens is 370 g/mol. The molecule has 5 heteroatoms. The molecule has 0 saturated carbocycles. The lowest BCUT2D eigenvalue weighted by atomic mass is 9.99. The molecule has 2 saturated heterocycles. The number of halogens is 1. The Morgan fingerprint density at radius 2 is 1.64 bits per heavy atom. The fourth-order valence-electron chi connectivity index (χ4n) is 3.94. The van der Waals surface area contributed by atoms with E-state index in [9.17, 15) is 4.79 Å². The molecule has 0 aromatic heterocycles. The summed E-state index contributed by atoms with van der Waals surface area (Å²) in [5.41, 5.74) is 4.14. The molecule has 28 heavy (non-hydrogen) atoms. The normalized spacial score (nSPS) is 20.1. The average Bonchev–Trinajstić information content (AvgIpc) is 2.71. The van der Waals surface area contributed by atoms with E-state index in [-0.39, 0.29) is 5.91 Å². The predicted octanol–water partition coefficient (Wildman–Crippen LogP) is 4.30. The number of anilines is 2. The van der Waals surface area contributed by atoms with Gasteiger partial charge in [-0.05, 0) is 61.9 Å². The molecule has 0 aliphatic carbocycles. The van der Waals surface area contributed by atoms with Crippen molar-refractivity contribution in [1.29, 1.82) is 0 Å². The van der Waals surface area contributed by atoms with Crippen LogP contribution in [0.1, 0.15) is 18.4 Å². The number of carbonyl (C=O) groups is 1. The number of piperidine rings is 1. The Kier molecular flexibility index (Phi) is 5.69. The van der Waals surface area contributed by atoms with Crippen LogP contribution in [0, 0.1) is 0 Å². The summed E-state index contributed by atoms with van der Waals surface area (Å²) in [6.07, 6.45) is 3.88. The van der Waals surface area contributed by atoms with Gasteiger partial charge in [-0.25, -0.2) is 0 Å². The standard InChI is InChI=1S/C23H26ClN3O/c1-25-13-15-26(16-14-25)22-7-3-2-5-18(22)17-19-6-4-12-27(23(19)28)21-10-8-20(24)9-11-21/h2-3,5,7-11,17H,4,6,12-16H2,1H3. The van der Waals surface area contributed by atoms with Gasteiger partial charge in [-0.2, -0.15) is 0 Å². The minimum absolute atomic E-state index is 0.0988. The Bertz CT molecular complexity index is 870. The summed E-state index contributed by atoms with van der Waals surface area (Å²) in [7, 11) is 2.16. The highest BCUT2D eigenvalue weighted by Crippen LogP contribution is 2.29. The molecular formula is C23H26ClN3O. The average molecular weight is 396 g/mol. The van der Waals surface area contributed by atoms with Crippen LogP contribution < -0.4 is 9.80 Å². The van der Waals surface area contributed by atoms with Crippen LogP contribution in [0.15, 0.2) is 54.1 Å². The maximum Gasteiger partial charge on any atom is 0.254 e. The van der Waals surface area contributed by atoms with Crippen LogP contribution in [-0.4, -0.2) is 50.6 Å². The van der Waals surface area contributed by atoms with Crippen molar-refractivity contribution >= 4 is 35.0 Å². The minimum Gasteiger partial charge on any atom is -0.368 e. The summed E-state index contributed by atoms with van der Waals surface area (Å²) < 4.78 is 0. The number of carbonyl (C=O) groups excluding carboxylic acids is 1. The highest BCUT2D eigenvalue weighted by Gasteiger charge is 2.25. The van der Waals surface area contributed by atoms with Gasteiger partial charge in [0.15, 0.2) is 0 Å². The Labute approximate surface area is 172 Å². The molecule has 2 heterocycles. The van der Waals surface area contributed by atoms with Crippen LogP contribution in [-0.2, 0) is 4.79 Å². The Morgan fingerprint density at radius 3 is 2.39 bits per heavy atom. The lowest BCUT2D eigenvalue weighted by Crippen LogP contribution is -2.44. The van der Waals surface area contributed by atoms with Gasteiger partial charge in [-0.15, -0.1) is 0 Å². The molecule has 4 nitrogen and oxygen atoms in total. The van der Waals surface area contributed by atoms with Gasteiger partial charge in [0.2, 0.25) is 0 Å². The zero-order valence-corrected chi connectivity index (χ0v) is 17.0. The molecule has 146 valence electrons. The van der Waals surface area contributed by atoms with Gasteiger partial charge in [-0.1, -0.05) is 29.8 Å². The fourth-order valence-corrected chi connectivity index (χ4v) is 4.07. The molecule has 2 aromatic carbocycles. The summed E-state index contributed by atoms with van der Waals surface area (Å²) in [5.74, 6) is 0.0988. The third-order valence-electron chi connectivity index (χ3n) is 5.60. The van der Waals surface area contributed by atoms with Crippen molar-refractivity contribution in [3.05, 3.63) is 64.7 Å². The smallest absolute Gasteiger partial charge is 0.254 e. The number of nitrogens with zero attached hydrogens (tertiary/aromatic N) is 3. The van der Waals surface area contributed by atoms with E-state index in [0.717, 1.165) is 62.4 Å². The summed E-state index contributed by atoms with van der Waals surface area (Å²) >= 11 is 6.00. The van der Waals surface area contributed by atoms with Crippen molar-refractivity contribution in [1.82, 2.24) is 4.90 Å². The molecule has 0 spiro atoms. The van der Waals surface area contributed by atoms with E-state index in [1.54, 1.807) is 0 Å². The van der Waals surface area contributed by atoms with Gasteiger partial charge >= 0.3 is 0 Å². The second kappa shape index (κ2) is 8.38. The SMILES string of the molecule is CN1CCN(c2ccccc2C=C2CCCN(c3ccc(Cl)cc3)C2=O)CC1. The lowest BCUT2D eigenvalue weighted by molar-refractivity contribution is -0.115. The van der Waals surface area contributed by atoms with E-state index < -0.39 is 0 Å². The number of amides is 1. The van der Waals surface area contributed by atoms with Gasteiger partial charge < -0.3 is 14.7 Å². The third kappa shape index (κ3) is 4.08. The summed E-state index contributed by atoms with van der Waals surface area (Å²) in [5, 5.41) is 0.685. The summed E-state index contributed by atoms with van der Waals surface area (Å²) in [6, 6.07) is 15.9. The molecule has 2 aliphatic heterocycles. The van der Waals surface area contributed by atoms with Crippen LogP contribution in [0.5, 0.6) is 0 Å². The van der Waals surface area contributed by atoms with Gasteiger partial charge in [0.1, 0.15) is 0 Å². The first-order valence-electron chi connectivity index (χ1n) is 9.92. The van der Waals surface area contributed by atoms with Gasteiger partial charge in [0, 0.05) is 54.7 Å². The number of piperazine rings is 1. The van der Waals surface area contributed by atoms with E-state index in [1.807, 2.05) is 29.2 Å². The maximum atomic E-state index is 13.2. The van der Waals surface area contributed by atoms with Crippen LogP contribution in [0.2, 0.25) is 5.02 Å². The molecule has 0 N–H and O–H groups in total. The fraction of sp³-hybridized carbons (Fsp3) is 0.348. The topological polar surface area (TPSA) is 26.8 Å². The molecule has 2 fully saturated rings. The highest BCUT2D eigenvalue weighted by molar-refractivity contribution is 6.30. The molecule has 2 aliphatic rings. The van der Waals surface area contributed by atoms with Crippen LogP contribution in [0.3, 0.4) is 0 Å². The number of likely N-dealkylation sites (N-methyl/N-ethyl adjacent to an activating group) is 1.